The Morgan fingerprint density at radius 2 is 1.86 bits per heavy atom. The summed E-state index contributed by atoms with van der Waals surface area (Å²) >= 11 is 0. The number of benzene rings is 2. The Balaban J connectivity index is 1.37. The summed E-state index contributed by atoms with van der Waals surface area (Å²) in [7, 11) is -1.79. The topological polar surface area (TPSA) is 131 Å². The van der Waals surface area contributed by atoms with Gasteiger partial charge in [0.15, 0.2) is 15.5 Å². The van der Waals surface area contributed by atoms with E-state index in [0.29, 0.717) is 48.0 Å². The van der Waals surface area contributed by atoms with Crippen LogP contribution in [-0.2, 0) is 23.4 Å². The number of nitrogens with one attached hydrogen (secondary N) is 1. The molecule has 3 aromatic rings. The van der Waals surface area contributed by atoms with E-state index >= 15 is 0 Å². The highest BCUT2D eigenvalue weighted by Gasteiger charge is 2.65. The summed E-state index contributed by atoms with van der Waals surface area (Å²) in [6.07, 6.45) is 2.49. The van der Waals surface area contributed by atoms with Gasteiger partial charge in [-0.25, -0.2) is 13.4 Å². The van der Waals surface area contributed by atoms with Gasteiger partial charge in [-0.15, -0.1) is 0 Å². The van der Waals surface area contributed by atoms with Gasteiger partial charge in [0, 0.05) is 13.6 Å². The zero-order valence-corrected chi connectivity index (χ0v) is 20.9. The Morgan fingerprint density at radius 1 is 1.17 bits per heavy atom. The molecule has 2 aromatic carbocycles. The maximum atomic E-state index is 13.1. The zero-order chi connectivity index (χ0) is 25.7. The van der Waals surface area contributed by atoms with Crippen molar-refractivity contribution in [1.29, 1.82) is 5.26 Å². The van der Waals surface area contributed by atoms with Crippen LogP contribution >= 0.6 is 0 Å². The minimum Gasteiger partial charge on any atom is -0.490 e. The number of amides is 1. The number of sulfone groups is 1. The van der Waals surface area contributed by atoms with Crippen molar-refractivity contribution >= 4 is 26.8 Å². The van der Waals surface area contributed by atoms with E-state index in [1.807, 2.05) is 6.07 Å². The number of aryl methyl sites for hydroxylation is 1. The predicted molar refractivity (Wildman–Crippen MR) is 133 cm³/mol. The normalized spacial score (nSPS) is 17.2. The van der Waals surface area contributed by atoms with Gasteiger partial charge in [-0.05, 0) is 62.4 Å². The Hall–Kier alpha value is -3.71. The highest BCUT2D eigenvalue weighted by atomic mass is 32.2. The van der Waals surface area contributed by atoms with Crippen molar-refractivity contribution in [3.63, 3.8) is 0 Å². The van der Waals surface area contributed by atoms with E-state index in [0.717, 1.165) is 5.56 Å². The summed E-state index contributed by atoms with van der Waals surface area (Å²) in [4.78, 5) is 30.1. The third-order valence-corrected chi connectivity index (χ3v) is 10.6. The second-order valence-corrected chi connectivity index (χ2v) is 12.7. The molecule has 9 nitrogen and oxygen atoms in total. The summed E-state index contributed by atoms with van der Waals surface area (Å²) in [5, 5.41) is 11.6. The molecule has 2 fully saturated rings. The summed E-state index contributed by atoms with van der Waals surface area (Å²) < 4.78 is 32.0. The van der Waals surface area contributed by atoms with Crippen molar-refractivity contribution in [3.8, 4) is 11.8 Å². The monoisotopic (exact) mass is 506 g/mol. The van der Waals surface area contributed by atoms with Crippen LogP contribution in [-0.4, -0.2) is 40.0 Å². The van der Waals surface area contributed by atoms with Crippen molar-refractivity contribution in [2.75, 3.05) is 6.61 Å². The van der Waals surface area contributed by atoms with Crippen molar-refractivity contribution in [3.05, 3.63) is 69.6 Å². The smallest absolute Gasteiger partial charge is 0.282 e. The molecule has 1 N–H and O–H groups in total. The number of rotatable bonds is 8. The van der Waals surface area contributed by atoms with Gasteiger partial charge in [-0.2, -0.15) is 5.26 Å². The molecule has 0 radical (unpaired) electrons. The lowest BCUT2D eigenvalue weighted by Crippen LogP contribution is -2.38. The zero-order valence-electron chi connectivity index (χ0n) is 20.1. The lowest BCUT2D eigenvalue weighted by atomic mass is 10.1. The van der Waals surface area contributed by atoms with Crippen molar-refractivity contribution in [1.82, 2.24) is 14.9 Å². The molecule has 186 valence electrons. The minimum atomic E-state index is -3.32. The number of carbonyl (C=O) groups excluding carboxylic acids is 1. The molecule has 36 heavy (non-hydrogen) atoms. The third-order valence-electron chi connectivity index (χ3n) is 7.28. The average molecular weight is 507 g/mol. The molecule has 0 saturated heterocycles. The van der Waals surface area contributed by atoms with Gasteiger partial charge >= 0.3 is 0 Å². The van der Waals surface area contributed by atoms with E-state index < -0.39 is 30.8 Å². The minimum absolute atomic E-state index is 0.0189. The van der Waals surface area contributed by atoms with E-state index in [1.54, 1.807) is 49.4 Å². The first-order valence-corrected chi connectivity index (χ1v) is 13.2. The number of nitrogens with zero attached hydrogens (tertiary/aromatic N) is 3. The Labute approximate surface area is 208 Å². The van der Waals surface area contributed by atoms with Gasteiger partial charge in [0.2, 0.25) is 0 Å². The van der Waals surface area contributed by atoms with Crippen LogP contribution in [0, 0.1) is 11.3 Å². The maximum absolute atomic E-state index is 13.1. The Bertz CT molecular complexity index is 1580. The third kappa shape index (κ3) is 3.93. The van der Waals surface area contributed by atoms with Crippen LogP contribution in [0.2, 0.25) is 0 Å². The quantitative estimate of drug-likeness (QED) is 0.497. The molecule has 2 saturated carbocycles. The molecule has 5 rings (SSSR count). The Morgan fingerprint density at radius 3 is 2.47 bits per heavy atom. The van der Waals surface area contributed by atoms with Gasteiger partial charge in [0.25, 0.3) is 11.5 Å². The first-order valence-electron chi connectivity index (χ1n) is 11.7. The molecule has 2 aliphatic rings. The van der Waals surface area contributed by atoms with Crippen molar-refractivity contribution in [2.45, 2.75) is 48.6 Å². The molecular weight excluding hydrogens is 480 g/mol. The van der Waals surface area contributed by atoms with E-state index in [2.05, 4.69) is 10.3 Å². The number of ether oxygens (including phenoxy) is 1. The number of hydrogen-bond donors (Lipinski definition) is 1. The second kappa shape index (κ2) is 8.45. The second-order valence-electron chi connectivity index (χ2n) is 9.86. The highest BCUT2D eigenvalue weighted by Crippen LogP contribution is 2.56. The SMILES string of the molecule is Cn1c(=O)c(C(=O)NCc2ccc(C#N)cc2)nc2cccc(OCC3(S(=O)(=O)C4(C)CC4)CC3)c21. The van der Waals surface area contributed by atoms with Crippen molar-refractivity contribution in [2.24, 2.45) is 7.05 Å². The Kier molecular flexibility index (Phi) is 5.63. The predicted octanol–water partition coefficient (Wildman–Crippen LogP) is 2.61. The number of para-hydroxylation sites is 1. The number of nitriles is 1. The van der Waals surface area contributed by atoms with Gasteiger partial charge in [0.1, 0.15) is 22.6 Å². The van der Waals surface area contributed by atoms with E-state index in [9.17, 15) is 18.0 Å². The molecule has 0 bridgehead atoms. The number of aromatic nitrogens is 2. The summed E-state index contributed by atoms with van der Waals surface area (Å²) in [6, 6.07) is 13.8. The lowest BCUT2D eigenvalue weighted by Gasteiger charge is -2.22. The van der Waals surface area contributed by atoms with Gasteiger partial charge in [-0.3, -0.25) is 9.59 Å². The molecule has 1 heterocycles. The lowest BCUT2D eigenvalue weighted by molar-refractivity contribution is 0.0944. The number of hydrogen-bond acceptors (Lipinski definition) is 7. The first-order chi connectivity index (χ1) is 17.1. The van der Waals surface area contributed by atoms with Gasteiger partial charge < -0.3 is 14.6 Å². The van der Waals surface area contributed by atoms with E-state index in [1.165, 1.54) is 11.6 Å². The maximum Gasteiger partial charge on any atom is 0.282 e. The van der Waals surface area contributed by atoms with E-state index in [4.69, 9.17) is 10.00 Å². The average Bonchev–Trinajstić information content (AvgIpc) is 3.81. The molecule has 2 aliphatic carbocycles. The molecule has 1 amide bonds. The fourth-order valence-corrected chi connectivity index (χ4v) is 6.94. The molecule has 0 atom stereocenters. The summed E-state index contributed by atoms with van der Waals surface area (Å²) in [5.41, 5.74) is 1.24. The van der Waals surface area contributed by atoms with Crippen LogP contribution in [0.4, 0.5) is 0 Å². The molecule has 1 aromatic heterocycles. The van der Waals surface area contributed by atoms with Gasteiger partial charge in [-0.1, -0.05) is 18.2 Å². The van der Waals surface area contributed by atoms with Crippen LogP contribution in [0.1, 0.15) is 54.2 Å². The molecule has 10 heteroatoms. The van der Waals surface area contributed by atoms with Crippen LogP contribution in [0.3, 0.4) is 0 Å². The highest BCUT2D eigenvalue weighted by molar-refractivity contribution is 7.94. The summed E-state index contributed by atoms with van der Waals surface area (Å²) in [5.74, 6) is -0.263. The molecule has 0 aliphatic heterocycles. The van der Waals surface area contributed by atoms with Crippen LogP contribution < -0.4 is 15.6 Å². The molecule has 0 spiro atoms. The molecular formula is C26H26N4O5S. The van der Waals surface area contributed by atoms with Crippen LogP contribution in [0.15, 0.2) is 47.3 Å². The summed E-state index contributed by atoms with van der Waals surface area (Å²) in [6.45, 7) is 1.99. The first kappa shape index (κ1) is 24.0. The van der Waals surface area contributed by atoms with Crippen LogP contribution in [0.25, 0.3) is 11.0 Å². The van der Waals surface area contributed by atoms with Crippen molar-refractivity contribution < 1.29 is 17.9 Å². The van der Waals surface area contributed by atoms with Crippen LogP contribution in [0.5, 0.6) is 5.75 Å². The van der Waals surface area contributed by atoms with E-state index in [-0.39, 0.29) is 18.8 Å². The molecule has 0 unspecified atom stereocenters. The fourth-order valence-electron chi connectivity index (χ4n) is 4.40. The number of carbonyl (C=O) groups is 1. The standard InChI is InChI=1S/C26H26N4O5S/c1-25(10-11-25)36(33,34)26(12-13-26)16-35-20-5-3-4-19-22(20)30(2)24(32)21(29-19)23(31)28-15-18-8-6-17(14-27)7-9-18/h3-9H,10-13,15-16H2,1-2H3,(H,28,31). The largest absolute Gasteiger partial charge is 0.490 e. The van der Waals surface area contributed by atoms with Gasteiger partial charge in [0.05, 0.1) is 21.9 Å². The fraction of sp³-hybridized carbons (Fsp3) is 0.385. The number of fused-ring (bicyclic) bond motifs is 1.